The average molecular weight is 260 g/mol. The lowest BCUT2D eigenvalue weighted by Gasteiger charge is -2.25. The lowest BCUT2D eigenvalue weighted by molar-refractivity contribution is -0.142. The molecule has 104 valence electrons. The predicted octanol–water partition coefficient (Wildman–Crippen LogP) is -0.764. The van der Waals surface area contributed by atoms with Gasteiger partial charge in [-0.1, -0.05) is 6.42 Å². The maximum atomic E-state index is 11.8. The van der Waals surface area contributed by atoms with Crippen LogP contribution in [0.5, 0.6) is 0 Å². The summed E-state index contributed by atoms with van der Waals surface area (Å²) >= 11 is 0. The molecular formula is C11H20N2O5. The van der Waals surface area contributed by atoms with Crippen LogP contribution in [0.15, 0.2) is 0 Å². The quantitative estimate of drug-likeness (QED) is 0.501. The molecule has 0 aliphatic heterocycles. The first-order valence-electron chi connectivity index (χ1n) is 6.10. The van der Waals surface area contributed by atoms with E-state index in [-0.39, 0.29) is 32.3 Å². The highest BCUT2D eigenvalue weighted by atomic mass is 16.4. The second-order valence-corrected chi connectivity index (χ2v) is 4.37. The number of rotatable bonds is 6. The second-order valence-electron chi connectivity index (χ2n) is 4.37. The summed E-state index contributed by atoms with van der Waals surface area (Å²) in [6, 6.07) is -0.800. The van der Waals surface area contributed by atoms with Crippen LogP contribution in [-0.2, 0) is 4.79 Å². The number of aliphatic carboxylic acids is 1. The van der Waals surface area contributed by atoms with Crippen LogP contribution in [-0.4, -0.2) is 64.6 Å². The summed E-state index contributed by atoms with van der Waals surface area (Å²) in [5.41, 5.74) is 0. The molecule has 2 atom stereocenters. The van der Waals surface area contributed by atoms with Crippen molar-refractivity contribution in [3.63, 3.8) is 0 Å². The maximum absolute atomic E-state index is 11.8. The molecule has 0 aromatic rings. The lowest BCUT2D eigenvalue weighted by atomic mass is 10.0. The largest absolute Gasteiger partial charge is 0.481 e. The zero-order valence-electron chi connectivity index (χ0n) is 10.2. The molecule has 1 fully saturated rings. The Kier molecular flexibility index (Phi) is 5.87. The summed E-state index contributed by atoms with van der Waals surface area (Å²) in [5, 5.41) is 29.3. The van der Waals surface area contributed by atoms with Crippen LogP contribution in [0, 0.1) is 5.92 Å². The van der Waals surface area contributed by atoms with Gasteiger partial charge in [-0.3, -0.25) is 4.79 Å². The van der Waals surface area contributed by atoms with E-state index in [2.05, 4.69) is 5.32 Å². The van der Waals surface area contributed by atoms with Crippen molar-refractivity contribution >= 4 is 12.0 Å². The van der Waals surface area contributed by atoms with Gasteiger partial charge in [0.15, 0.2) is 0 Å². The number of carbonyl (C=O) groups excluding carboxylic acids is 1. The number of nitrogens with zero attached hydrogens (tertiary/aromatic N) is 1. The average Bonchev–Trinajstić information content (AvgIpc) is 2.77. The van der Waals surface area contributed by atoms with Gasteiger partial charge in [0.1, 0.15) is 0 Å². The van der Waals surface area contributed by atoms with Gasteiger partial charge >= 0.3 is 12.0 Å². The Hall–Kier alpha value is -1.34. The van der Waals surface area contributed by atoms with Crippen molar-refractivity contribution in [1.82, 2.24) is 10.2 Å². The highest BCUT2D eigenvalue weighted by Crippen LogP contribution is 2.25. The molecule has 1 rings (SSSR count). The Bertz CT molecular complexity index is 291. The van der Waals surface area contributed by atoms with Crippen LogP contribution < -0.4 is 5.32 Å². The molecule has 1 aliphatic rings. The van der Waals surface area contributed by atoms with Gasteiger partial charge < -0.3 is 25.5 Å². The summed E-state index contributed by atoms with van der Waals surface area (Å²) in [6.07, 6.45) is 2.00. The third-order valence-electron chi connectivity index (χ3n) is 3.17. The van der Waals surface area contributed by atoms with Gasteiger partial charge in [0.05, 0.1) is 19.1 Å². The summed E-state index contributed by atoms with van der Waals surface area (Å²) in [4.78, 5) is 24.1. The maximum Gasteiger partial charge on any atom is 0.317 e. The third kappa shape index (κ3) is 3.85. The van der Waals surface area contributed by atoms with Crippen molar-refractivity contribution in [2.45, 2.75) is 25.3 Å². The number of carbonyl (C=O) groups is 2. The van der Waals surface area contributed by atoms with E-state index in [1.54, 1.807) is 0 Å². The number of aliphatic hydroxyl groups excluding tert-OH is 2. The molecular weight excluding hydrogens is 240 g/mol. The van der Waals surface area contributed by atoms with Gasteiger partial charge in [-0.25, -0.2) is 4.79 Å². The minimum absolute atomic E-state index is 0.122. The lowest BCUT2D eigenvalue weighted by Crippen LogP contribution is -2.49. The molecule has 4 N–H and O–H groups in total. The normalized spacial score (nSPS) is 22.8. The van der Waals surface area contributed by atoms with E-state index in [0.717, 1.165) is 6.42 Å². The van der Waals surface area contributed by atoms with Gasteiger partial charge in [0.2, 0.25) is 0 Å². The Balaban J connectivity index is 2.53. The first-order chi connectivity index (χ1) is 8.60. The van der Waals surface area contributed by atoms with Gasteiger partial charge in [-0.15, -0.1) is 0 Å². The Morgan fingerprint density at radius 1 is 1.17 bits per heavy atom. The first kappa shape index (κ1) is 14.7. The summed E-state index contributed by atoms with van der Waals surface area (Å²) in [5.74, 6) is -1.44. The van der Waals surface area contributed by atoms with Crippen LogP contribution in [0.2, 0.25) is 0 Å². The minimum Gasteiger partial charge on any atom is -0.481 e. The predicted molar refractivity (Wildman–Crippen MR) is 63.0 cm³/mol. The highest BCUT2D eigenvalue weighted by molar-refractivity contribution is 5.77. The van der Waals surface area contributed by atoms with Crippen molar-refractivity contribution in [3.8, 4) is 0 Å². The van der Waals surface area contributed by atoms with Crippen molar-refractivity contribution in [1.29, 1.82) is 0 Å². The number of carboxylic acids is 1. The fourth-order valence-corrected chi connectivity index (χ4v) is 2.23. The fourth-order valence-electron chi connectivity index (χ4n) is 2.23. The van der Waals surface area contributed by atoms with Crippen LogP contribution in [0.4, 0.5) is 4.79 Å². The zero-order chi connectivity index (χ0) is 13.5. The molecule has 0 aromatic carbocycles. The molecule has 7 heteroatoms. The molecule has 2 unspecified atom stereocenters. The number of amides is 2. The van der Waals surface area contributed by atoms with Crippen molar-refractivity contribution in [2.75, 3.05) is 26.3 Å². The molecule has 1 aliphatic carbocycles. The minimum atomic E-state index is -0.895. The molecule has 1 saturated carbocycles. The van der Waals surface area contributed by atoms with Crippen molar-refractivity contribution < 1.29 is 24.9 Å². The molecule has 0 aromatic heterocycles. The fraction of sp³-hybridized carbons (Fsp3) is 0.818. The monoisotopic (exact) mass is 260 g/mol. The Morgan fingerprint density at radius 3 is 2.28 bits per heavy atom. The summed E-state index contributed by atoms with van der Waals surface area (Å²) in [7, 11) is 0. The van der Waals surface area contributed by atoms with Crippen LogP contribution in [0.1, 0.15) is 19.3 Å². The van der Waals surface area contributed by atoms with Crippen LogP contribution in [0.25, 0.3) is 0 Å². The molecule has 0 radical (unpaired) electrons. The Labute approximate surface area is 105 Å². The third-order valence-corrected chi connectivity index (χ3v) is 3.17. The van der Waals surface area contributed by atoms with Gasteiger partial charge in [-0.2, -0.15) is 0 Å². The summed E-state index contributed by atoms with van der Waals surface area (Å²) in [6.45, 7) is -0.144. The van der Waals surface area contributed by atoms with Crippen molar-refractivity contribution in [3.05, 3.63) is 0 Å². The number of hydrogen-bond donors (Lipinski definition) is 4. The second kappa shape index (κ2) is 7.17. The number of hydrogen-bond acceptors (Lipinski definition) is 4. The van der Waals surface area contributed by atoms with Gasteiger partial charge in [0, 0.05) is 19.1 Å². The molecule has 0 heterocycles. The van der Waals surface area contributed by atoms with Gasteiger partial charge in [0.25, 0.3) is 0 Å². The van der Waals surface area contributed by atoms with E-state index in [0.29, 0.717) is 12.8 Å². The van der Waals surface area contributed by atoms with Gasteiger partial charge in [-0.05, 0) is 12.8 Å². The molecule has 2 amide bonds. The molecule has 18 heavy (non-hydrogen) atoms. The topological polar surface area (TPSA) is 110 Å². The summed E-state index contributed by atoms with van der Waals surface area (Å²) < 4.78 is 0. The SMILES string of the molecule is O=C(O)C1CCCC1NC(=O)N(CCO)CCO. The smallest absolute Gasteiger partial charge is 0.317 e. The van der Waals surface area contributed by atoms with Crippen LogP contribution >= 0.6 is 0 Å². The first-order valence-corrected chi connectivity index (χ1v) is 6.10. The number of aliphatic hydroxyl groups is 2. The van der Waals surface area contributed by atoms with Crippen molar-refractivity contribution in [2.24, 2.45) is 5.92 Å². The number of carboxylic acid groups (broad SMARTS) is 1. The number of nitrogens with one attached hydrogen (secondary N) is 1. The van der Waals surface area contributed by atoms with E-state index in [1.807, 2.05) is 0 Å². The standard InChI is InChI=1S/C11H20N2O5/c14-6-4-13(5-7-15)11(18)12-9-3-1-2-8(9)10(16)17/h8-9,14-15H,1-7H2,(H,12,18)(H,16,17). The molecule has 0 bridgehead atoms. The number of urea groups is 1. The van der Waals surface area contributed by atoms with E-state index in [9.17, 15) is 9.59 Å². The molecule has 0 spiro atoms. The highest BCUT2D eigenvalue weighted by Gasteiger charge is 2.34. The van der Waals surface area contributed by atoms with E-state index in [1.165, 1.54) is 4.90 Å². The molecule has 0 saturated heterocycles. The van der Waals surface area contributed by atoms with E-state index < -0.39 is 17.9 Å². The van der Waals surface area contributed by atoms with Crippen LogP contribution in [0.3, 0.4) is 0 Å². The molecule has 7 nitrogen and oxygen atoms in total. The van der Waals surface area contributed by atoms with E-state index in [4.69, 9.17) is 15.3 Å². The Morgan fingerprint density at radius 2 is 1.78 bits per heavy atom. The zero-order valence-corrected chi connectivity index (χ0v) is 10.2. The van der Waals surface area contributed by atoms with E-state index >= 15 is 0 Å².